The molecule has 1 aromatic carbocycles. The lowest BCUT2D eigenvalue weighted by Crippen LogP contribution is -3.15. The Morgan fingerprint density at radius 1 is 1.21 bits per heavy atom. The molecule has 1 saturated heterocycles. The molecule has 29 heavy (non-hydrogen) atoms. The summed E-state index contributed by atoms with van der Waals surface area (Å²) in [6, 6.07) is 12.7. The highest BCUT2D eigenvalue weighted by Crippen LogP contribution is 2.23. The molecule has 5 nitrogen and oxygen atoms in total. The van der Waals surface area contributed by atoms with Crippen LogP contribution >= 0.6 is 11.3 Å². The van der Waals surface area contributed by atoms with Crippen molar-refractivity contribution in [2.45, 2.75) is 26.3 Å². The van der Waals surface area contributed by atoms with Crippen LogP contribution < -0.4 is 10.2 Å². The first kappa shape index (κ1) is 20.0. The summed E-state index contributed by atoms with van der Waals surface area (Å²) < 4.78 is 5.52. The molecule has 2 N–H and O–H groups in total. The molecule has 0 saturated carbocycles. The van der Waals surface area contributed by atoms with Gasteiger partial charge in [0, 0.05) is 11.1 Å². The van der Waals surface area contributed by atoms with Crippen molar-refractivity contribution in [2.24, 2.45) is 0 Å². The molecule has 0 unspecified atom stereocenters. The van der Waals surface area contributed by atoms with E-state index >= 15 is 0 Å². The van der Waals surface area contributed by atoms with E-state index in [0.717, 1.165) is 54.0 Å². The highest BCUT2D eigenvalue weighted by atomic mass is 32.1. The standard InChI is InChI=1S/C23H27N3O2S/c1-16-18-6-3-4-7-20(18)25-17(2)19(16)14-23(27)24-15-21(22-8-5-13-29-22)26-9-11-28-12-10-26/h3-8,13,21H,9-12,14-15H2,1-2H3,(H,24,27)/p+1/t21-/m1/s1. The summed E-state index contributed by atoms with van der Waals surface area (Å²) in [5.41, 5.74) is 4.11. The number of rotatable bonds is 6. The smallest absolute Gasteiger partial charge is 0.224 e. The Labute approximate surface area is 175 Å². The van der Waals surface area contributed by atoms with Gasteiger partial charge in [0.25, 0.3) is 0 Å². The quantitative estimate of drug-likeness (QED) is 0.655. The zero-order chi connectivity index (χ0) is 20.2. The maximum Gasteiger partial charge on any atom is 0.224 e. The second kappa shape index (κ2) is 9.03. The van der Waals surface area contributed by atoms with Crippen LogP contribution in [0.15, 0.2) is 41.8 Å². The van der Waals surface area contributed by atoms with Gasteiger partial charge >= 0.3 is 0 Å². The SMILES string of the molecule is Cc1nc2ccccc2c(C)c1CC(=O)NC[C@H](c1cccs1)[NH+]1CCOCC1. The van der Waals surface area contributed by atoms with Gasteiger partial charge in [0.1, 0.15) is 19.1 Å². The highest BCUT2D eigenvalue weighted by molar-refractivity contribution is 7.10. The van der Waals surface area contributed by atoms with E-state index in [0.29, 0.717) is 13.0 Å². The number of pyridine rings is 1. The first-order chi connectivity index (χ1) is 14.1. The number of hydrogen-bond donors (Lipinski definition) is 2. The van der Waals surface area contributed by atoms with Gasteiger partial charge in [-0.25, -0.2) is 0 Å². The van der Waals surface area contributed by atoms with Crippen molar-refractivity contribution in [1.29, 1.82) is 0 Å². The number of carbonyl (C=O) groups excluding carboxylic acids is 1. The van der Waals surface area contributed by atoms with Crippen molar-refractivity contribution in [2.75, 3.05) is 32.8 Å². The third kappa shape index (κ3) is 4.50. The van der Waals surface area contributed by atoms with Crippen molar-refractivity contribution in [3.8, 4) is 0 Å². The molecule has 2 aromatic heterocycles. The lowest BCUT2D eigenvalue weighted by Gasteiger charge is -2.31. The number of aromatic nitrogens is 1. The number of quaternary nitrogens is 1. The van der Waals surface area contributed by atoms with Crippen molar-refractivity contribution in [3.63, 3.8) is 0 Å². The number of hydrogen-bond acceptors (Lipinski definition) is 4. The Balaban J connectivity index is 1.47. The van der Waals surface area contributed by atoms with Crippen molar-refractivity contribution in [1.82, 2.24) is 10.3 Å². The molecule has 4 rings (SSSR count). The molecule has 3 heterocycles. The minimum atomic E-state index is 0.0579. The molecule has 6 heteroatoms. The van der Waals surface area contributed by atoms with Gasteiger partial charge in [0.05, 0.1) is 36.6 Å². The van der Waals surface area contributed by atoms with Crippen LogP contribution in [0.3, 0.4) is 0 Å². The topological polar surface area (TPSA) is 55.7 Å². The van der Waals surface area contributed by atoms with E-state index in [9.17, 15) is 4.79 Å². The number of amides is 1. The summed E-state index contributed by atoms with van der Waals surface area (Å²) in [5, 5.41) is 6.43. The molecule has 0 spiro atoms. The zero-order valence-corrected chi connectivity index (χ0v) is 17.8. The normalized spacial score (nSPS) is 16.1. The molecule has 1 fully saturated rings. The van der Waals surface area contributed by atoms with Crippen LogP contribution in [0.1, 0.15) is 27.7 Å². The van der Waals surface area contributed by atoms with Gasteiger partial charge in [-0.05, 0) is 42.5 Å². The Hall–Kier alpha value is -2.28. The van der Waals surface area contributed by atoms with Crippen molar-refractivity contribution < 1.29 is 14.4 Å². The van der Waals surface area contributed by atoms with Crippen molar-refractivity contribution >= 4 is 28.1 Å². The zero-order valence-electron chi connectivity index (χ0n) is 17.0. The third-order valence-electron chi connectivity index (χ3n) is 5.84. The van der Waals surface area contributed by atoms with Crippen LogP contribution in [0.4, 0.5) is 0 Å². The third-order valence-corrected chi connectivity index (χ3v) is 6.83. The Kier molecular flexibility index (Phi) is 6.23. The fourth-order valence-corrected chi connectivity index (χ4v) is 5.07. The fraction of sp³-hybridized carbons (Fsp3) is 0.391. The van der Waals surface area contributed by atoms with E-state index in [1.807, 2.05) is 25.1 Å². The first-order valence-corrected chi connectivity index (χ1v) is 11.1. The lowest BCUT2D eigenvalue weighted by atomic mass is 9.99. The van der Waals surface area contributed by atoms with Crippen LogP contribution in [0, 0.1) is 13.8 Å². The molecule has 0 aliphatic carbocycles. The summed E-state index contributed by atoms with van der Waals surface area (Å²) in [7, 11) is 0. The van der Waals surface area contributed by atoms with Crippen LogP contribution in [0.5, 0.6) is 0 Å². The van der Waals surface area contributed by atoms with Crippen LogP contribution in [0.2, 0.25) is 0 Å². The number of nitrogens with one attached hydrogen (secondary N) is 2. The Morgan fingerprint density at radius 3 is 2.76 bits per heavy atom. The van der Waals surface area contributed by atoms with Crippen LogP contribution in [-0.4, -0.2) is 43.7 Å². The Morgan fingerprint density at radius 2 is 2.00 bits per heavy atom. The molecule has 0 radical (unpaired) electrons. The maximum absolute atomic E-state index is 12.8. The summed E-state index contributed by atoms with van der Waals surface area (Å²) in [5.74, 6) is 0.0579. The number of carbonyl (C=O) groups is 1. The average Bonchev–Trinajstić information content (AvgIpc) is 3.27. The first-order valence-electron chi connectivity index (χ1n) is 10.2. The Bertz CT molecular complexity index is 981. The number of para-hydroxylation sites is 1. The molecule has 152 valence electrons. The molecule has 1 amide bonds. The molecular weight excluding hydrogens is 382 g/mol. The molecule has 3 aromatic rings. The van der Waals surface area contributed by atoms with Gasteiger partial charge in [0.15, 0.2) is 0 Å². The van der Waals surface area contributed by atoms with Crippen molar-refractivity contribution in [3.05, 3.63) is 63.5 Å². The van der Waals surface area contributed by atoms with E-state index < -0.39 is 0 Å². The summed E-state index contributed by atoms with van der Waals surface area (Å²) in [6.45, 7) is 8.25. The fourth-order valence-electron chi connectivity index (χ4n) is 4.19. The predicted molar refractivity (Wildman–Crippen MR) is 117 cm³/mol. The van der Waals surface area contributed by atoms with Gasteiger partial charge in [-0.15, -0.1) is 11.3 Å². The second-order valence-electron chi connectivity index (χ2n) is 7.64. The van der Waals surface area contributed by atoms with Gasteiger partial charge in [-0.3, -0.25) is 9.78 Å². The van der Waals surface area contributed by atoms with Gasteiger partial charge in [-0.1, -0.05) is 24.3 Å². The number of fused-ring (bicyclic) bond motifs is 1. The summed E-state index contributed by atoms with van der Waals surface area (Å²) in [4.78, 5) is 20.3. The maximum atomic E-state index is 12.8. The molecule has 1 atom stereocenters. The number of nitrogens with zero attached hydrogens (tertiary/aromatic N) is 1. The second-order valence-corrected chi connectivity index (χ2v) is 8.62. The molecular formula is C23H28N3O2S+. The average molecular weight is 411 g/mol. The molecule has 1 aliphatic heterocycles. The van der Waals surface area contributed by atoms with Crippen LogP contribution in [0.25, 0.3) is 10.9 Å². The van der Waals surface area contributed by atoms with Gasteiger partial charge in [0.2, 0.25) is 5.91 Å². The highest BCUT2D eigenvalue weighted by Gasteiger charge is 2.27. The molecule has 1 aliphatic rings. The number of benzene rings is 1. The number of thiophene rings is 1. The van der Waals surface area contributed by atoms with E-state index in [1.165, 1.54) is 9.78 Å². The monoisotopic (exact) mass is 410 g/mol. The van der Waals surface area contributed by atoms with E-state index in [1.54, 1.807) is 11.3 Å². The van der Waals surface area contributed by atoms with Gasteiger partial charge < -0.3 is 15.0 Å². The minimum Gasteiger partial charge on any atom is -0.370 e. The van der Waals surface area contributed by atoms with E-state index in [2.05, 4.69) is 35.8 Å². The predicted octanol–water partition coefficient (Wildman–Crippen LogP) is 2.23. The van der Waals surface area contributed by atoms with E-state index in [4.69, 9.17) is 9.72 Å². The van der Waals surface area contributed by atoms with E-state index in [-0.39, 0.29) is 11.9 Å². The lowest BCUT2D eigenvalue weighted by molar-refractivity contribution is -0.937. The van der Waals surface area contributed by atoms with Crippen LogP contribution in [-0.2, 0) is 16.0 Å². The summed E-state index contributed by atoms with van der Waals surface area (Å²) in [6.07, 6.45) is 0.366. The number of morpholine rings is 1. The minimum absolute atomic E-state index is 0.0579. The summed E-state index contributed by atoms with van der Waals surface area (Å²) >= 11 is 1.76. The number of aryl methyl sites for hydroxylation is 2. The largest absolute Gasteiger partial charge is 0.370 e. The van der Waals surface area contributed by atoms with Gasteiger partial charge in [-0.2, -0.15) is 0 Å². The molecule has 0 bridgehead atoms. The number of ether oxygens (including phenoxy) is 1.